The van der Waals surface area contributed by atoms with E-state index in [1.54, 1.807) is 0 Å². The standard InChI is InChI=1S/C10H18BrN3/c11-10(5-4-6-12)13-9-14-7-2-1-3-8-14/h4-5H,1-3,6-9,12H2/b5-4-,13-10?. The van der Waals surface area contributed by atoms with E-state index in [1.165, 1.54) is 32.4 Å². The van der Waals surface area contributed by atoms with Crippen molar-refractivity contribution in [1.29, 1.82) is 0 Å². The summed E-state index contributed by atoms with van der Waals surface area (Å²) < 4.78 is 0.883. The molecule has 1 fully saturated rings. The van der Waals surface area contributed by atoms with Crippen molar-refractivity contribution in [2.24, 2.45) is 10.7 Å². The Balaban J connectivity index is 2.25. The third kappa shape index (κ3) is 4.88. The highest BCUT2D eigenvalue weighted by molar-refractivity contribution is 9.18. The molecule has 1 aliphatic rings. The van der Waals surface area contributed by atoms with E-state index in [2.05, 4.69) is 25.8 Å². The van der Waals surface area contributed by atoms with Crippen LogP contribution < -0.4 is 5.73 Å². The Morgan fingerprint density at radius 2 is 2.07 bits per heavy atom. The first-order valence-electron chi connectivity index (χ1n) is 5.12. The molecule has 1 aliphatic heterocycles. The molecule has 3 nitrogen and oxygen atoms in total. The van der Waals surface area contributed by atoms with Gasteiger partial charge in [0.2, 0.25) is 0 Å². The Morgan fingerprint density at radius 3 is 2.71 bits per heavy atom. The van der Waals surface area contributed by atoms with Gasteiger partial charge in [0, 0.05) is 6.54 Å². The van der Waals surface area contributed by atoms with E-state index in [0.717, 1.165) is 11.3 Å². The van der Waals surface area contributed by atoms with Crippen molar-refractivity contribution in [2.75, 3.05) is 26.3 Å². The second-order valence-corrected chi connectivity index (χ2v) is 4.25. The van der Waals surface area contributed by atoms with Crippen LogP contribution in [0.15, 0.2) is 17.1 Å². The smallest absolute Gasteiger partial charge is 0.101 e. The summed E-state index contributed by atoms with van der Waals surface area (Å²) in [5, 5.41) is 0. The highest BCUT2D eigenvalue weighted by Crippen LogP contribution is 2.08. The van der Waals surface area contributed by atoms with Crippen LogP contribution in [0.3, 0.4) is 0 Å². The van der Waals surface area contributed by atoms with Gasteiger partial charge in [-0.05, 0) is 47.9 Å². The molecule has 14 heavy (non-hydrogen) atoms. The highest BCUT2D eigenvalue weighted by atomic mass is 79.9. The molecule has 1 rings (SSSR count). The van der Waals surface area contributed by atoms with Gasteiger partial charge in [0.05, 0.1) is 6.67 Å². The van der Waals surface area contributed by atoms with E-state index in [-0.39, 0.29) is 0 Å². The van der Waals surface area contributed by atoms with Gasteiger partial charge in [0.25, 0.3) is 0 Å². The summed E-state index contributed by atoms with van der Waals surface area (Å²) in [6, 6.07) is 0. The molecule has 0 radical (unpaired) electrons. The number of halogens is 1. The van der Waals surface area contributed by atoms with Gasteiger partial charge >= 0.3 is 0 Å². The van der Waals surface area contributed by atoms with Crippen LogP contribution in [0.25, 0.3) is 0 Å². The third-order valence-electron chi connectivity index (χ3n) is 2.26. The van der Waals surface area contributed by atoms with Gasteiger partial charge in [-0.15, -0.1) is 0 Å². The molecule has 1 heterocycles. The van der Waals surface area contributed by atoms with Crippen molar-refractivity contribution in [1.82, 2.24) is 4.90 Å². The summed E-state index contributed by atoms with van der Waals surface area (Å²) in [6.45, 7) is 3.73. The first-order valence-corrected chi connectivity index (χ1v) is 5.91. The average molecular weight is 260 g/mol. The monoisotopic (exact) mass is 259 g/mol. The van der Waals surface area contributed by atoms with Crippen LogP contribution in [0.1, 0.15) is 19.3 Å². The fourth-order valence-electron chi connectivity index (χ4n) is 1.49. The predicted molar refractivity (Wildman–Crippen MR) is 64.8 cm³/mol. The van der Waals surface area contributed by atoms with Crippen LogP contribution in [0.5, 0.6) is 0 Å². The molecule has 0 saturated carbocycles. The van der Waals surface area contributed by atoms with Crippen molar-refractivity contribution in [3.63, 3.8) is 0 Å². The Morgan fingerprint density at radius 1 is 1.36 bits per heavy atom. The molecule has 0 bridgehead atoms. The van der Waals surface area contributed by atoms with E-state index in [1.807, 2.05) is 12.2 Å². The van der Waals surface area contributed by atoms with Crippen LogP contribution in [-0.2, 0) is 0 Å². The summed E-state index contributed by atoms with van der Waals surface area (Å²) >= 11 is 3.39. The number of hydrogen-bond acceptors (Lipinski definition) is 3. The summed E-state index contributed by atoms with van der Waals surface area (Å²) in [4.78, 5) is 6.78. The molecule has 1 saturated heterocycles. The minimum Gasteiger partial charge on any atom is -0.327 e. The van der Waals surface area contributed by atoms with Crippen molar-refractivity contribution in [2.45, 2.75) is 19.3 Å². The van der Waals surface area contributed by atoms with E-state index >= 15 is 0 Å². The summed E-state index contributed by atoms with van der Waals surface area (Å²) in [5.74, 6) is 0. The zero-order valence-corrected chi connectivity index (χ0v) is 10.0. The maximum atomic E-state index is 5.34. The van der Waals surface area contributed by atoms with Crippen LogP contribution in [-0.4, -0.2) is 35.8 Å². The number of rotatable bonds is 4. The number of piperidine rings is 1. The molecule has 0 spiro atoms. The lowest BCUT2D eigenvalue weighted by molar-refractivity contribution is 0.236. The maximum absolute atomic E-state index is 5.34. The topological polar surface area (TPSA) is 41.6 Å². The number of allylic oxidation sites excluding steroid dienone is 1. The average Bonchev–Trinajstić information content (AvgIpc) is 2.25. The van der Waals surface area contributed by atoms with Gasteiger partial charge in [-0.1, -0.05) is 12.5 Å². The fraction of sp³-hybridized carbons (Fsp3) is 0.700. The quantitative estimate of drug-likeness (QED) is 0.782. The Bertz CT molecular complexity index is 207. The van der Waals surface area contributed by atoms with Crippen LogP contribution in [0.2, 0.25) is 0 Å². The van der Waals surface area contributed by atoms with Crippen LogP contribution in [0, 0.1) is 0 Å². The molecule has 0 aliphatic carbocycles. The molecule has 0 unspecified atom stereocenters. The van der Waals surface area contributed by atoms with Crippen LogP contribution >= 0.6 is 15.9 Å². The molecule has 0 aromatic heterocycles. The van der Waals surface area contributed by atoms with Crippen molar-refractivity contribution < 1.29 is 0 Å². The number of likely N-dealkylation sites (tertiary alicyclic amines) is 1. The molecular formula is C10H18BrN3. The Labute approximate surface area is 94.2 Å². The van der Waals surface area contributed by atoms with E-state index < -0.39 is 0 Å². The first-order chi connectivity index (χ1) is 6.83. The molecule has 2 N–H and O–H groups in total. The Kier molecular flexibility index (Phi) is 6.07. The van der Waals surface area contributed by atoms with Crippen molar-refractivity contribution >= 4 is 20.6 Å². The third-order valence-corrected chi connectivity index (χ3v) is 2.78. The molecule has 80 valence electrons. The number of aliphatic imine (C=N–C) groups is 1. The van der Waals surface area contributed by atoms with Gasteiger partial charge in [0.15, 0.2) is 0 Å². The molecular weight excluding hydrogens is 242 g/mol. The lowest BCUT2D eigenvalue weighted by Gasteiger charge is -2.24. The van der Waals surface area contributed by atoms with E-state index in [0.29, 0.717) is 6.54 Å². The van der Waals surface area contributed by atoms with Crippen molar-refractivity contribution in [3.05, 3.63) is 12.2 Å². The first kappa shape index (κ1) is 11.9. The predicted octanol–water partition coefficient (Wildman–Crippen LogP) is 1.74. The zero-order chi connectivity index (χ0) is 10.2. The van der Waals surface area contributed by atoms with E-state index in [9.17, 15) is 0 Å². The summed E-state index contributed by atoms with van der Waals surface area (Å²) in [6.07, 6.45) is 7.79. The molecule has 4 heteroatoms. The molecule has 0 amide bonds. The van der Waals surface area contributed by atoms with Gasteiger partial charge < -0.3 is 5.73 Å². The maximum Gasteiger partial charge on any atom is 0.101 e. The normalized spacial score (nSPS) is 20.6. The van der Waals surface area contributed by atoms with E-state index in [4.69, 9.17) is 5.73 Å². The Hall–Kier alpha value is -0.190. The second-order valence-electron chi connectivity index (χ2n) is 3.44. The SMILES string of the molecule is NC/C=C\C(Br)=NCN1CCCCC1. The van der Waals surface area contributed by atoms with Gasteiger partial charge in [0.1, 0.15) is 4.62 Å². The number of nitrogens with two attached hydrogens (primary N) is 1. The largest absolute Gasteiger partial charge is 0.327 e. The fourth-order valence-corrected chi connectivity index (χ4v) is 1.79. The minimum atomic E-state index is 0.564. The molecule has 0 aromatic carbocycles. The molecule has 0 aromatic rings. The minimum absolute atomic E-state index is 0.564. The molecule has 0 atom stereocenters. The zero-order valence-electron chi connectivity index (χ0n) is 8.45. The second kappa shape index (κ2) is 7.15. The lowest BCUT2D eigenvalue weighted by Crippen LogP contribution is -2.29. The van der Waals surface area contributed by atoms with Crippen LogP contribution in [0.4, 0.5) is 0 Å². The van der Waals surface area contributed by atoms with Gasteiger partial charge in [-0.3, -0.25) is 9.89 Å². The van der Waals surface area contributed by atoms with Gasteiger partial charge in [-0.2, -0.15) is 0 Å². The summed E-state index contributed by atoms with van der Waals surface area (Å²) in [5.41, 5.74) is 5.34. The lowest BCUT2D eigenvalue weighted by atomic mass is 10.1. The van der Waals surface area contributed by atoms with Crippen molar-refractivity contribution in [3.8, 4) is 0 Å². The number of hydrogen-bond donors (Lipinski definition) is 1. The highest BCUT2D eigenvalue weighted by Gasteiger charge is 2.08. The summed E-state index contributed by atoms with van der Waals surface area (Å²) in [7, 11) is 0. The number of nitrogens with zero attached hydrogens (tertiary/aromatic N) is 2. The van der Waals surface area contributed by atoms with Gasteiger partial charge in [-0.25, -0.2) is 0 Å².